The first-order chi connectivity index (χ1) is 11.7. The molecule has 1 amide bonds. The van der Waals surface area contributed by atoms with Crippen molar-refractivity contribution < 1.29 is 4.79 Å². The maximum atomic E-state index is 12.3. The molecule has 0 spiro atoms. The van der Waals surface area contributed by atoms with Crippen LogP contribution in [0, 0.1) is 11.3 Å². The average molecular weight is 358 g/mol. The van der Waals surface area contributed by atoms with Gasteiger partial charge in [-0.3, -0.25) is 4.79 Å². The zero-order chi connectivity index (χ0) is 17.2. The van der Waals surface area contributed by atoms with Gasteiger partial charge in [-0.25, -0.2) is 0 Å². The maximum Gasteiger partial charge on any atom is 0.267 e. The SMILES string of the molecule is N#C/C(=C/NCCCl)C(=O)Nc1ccccc1Sc1ccccc1. The molecule has 2 aromatic rings. The number of rotatable bonds is 7. The zero-order valence-corrected chi connectivity index (χ0v) is 14.4. The lowest BCUT2D eigenvalue weighted by Gasteiger charge is -2.10. The molecule has 6 heteroatoms. The average Bonchev–Trinajstić information content (AvgIpc) is 2.61. The highest BCUT2D eigenvalue weighted by atomic mass is 35.5. The van der Waals surface area contributed by atoms with Gasteiger partial charge >= 0.3 is 0 Å². The fourth-order valence-corrected chi connectivity index (χ4v) is 2.87. The number of anilines is 1. The van der Waals surface area contributed by atoms with E-state index in [9.17, 15) is 4.79 Å². The van der Waals surface area contributed by atoms with Crippen LogP contribution in [0.1, 0.15) is 0 Å². The minimum atomic E-state index is -0.458. The Morgan fingerprint density at radius 3 is 2.58 bits per heavy atom. The van der Waals surface area contributed by atoms with Crippen molar-refractivity contribution in [3.05, 3.63) is 66.4 Å². The molecule has 0 aromatic heterocycles. The number of nitriles is 1. The van der Waals surface area contributed by atoms with Gasteiger partial charge < -0.3 is 10.6 Å². The molecule has 0 saturated carbocycles. The Balaban J connectivity index is 2.13. The molecule has 0 unspecified atom stereocenters. The van der Waals surface area contributed by atoms with Crippen LogP contribution in [0.15, 0.2) is 76.2 Å². The number of hydrogen-bond donors (Lipinski definition) is 2. The van der Waals surface area contributed by atoms with E-state index in [-0.39, 0.29) is 5.57 Å². The van der Waals surface area contributed by atoms with E-state index in [4.69, 9.17) is 16.9 Å². The molecule has 0 bridgehead atoms. The van der Waals surface area contributed by atoms with Gasteiger partial charge in [0.2, 0.25) is 0 Å². The molecule has 0 heterocycles. The first kappa shape index (κ1) is 17.9. The van der Waals surface area contributed by atoms with E-state index in [1.54, 1.807) is 11.8 Å². The second kappa shape index (κ2) is 9.66. The summed E-state index contributed by atoms with van der Waals surface area (Å²) in [4.78, 5) is 14.2. The molecule has 2 aromatic carbocycles. The second-order valence-electron chi connectivity index (χ2n) is 4.68. The number of nitrogens with one attached hydrogen (secondary N) is 2. The summed E-state index contributed by atoms with van der Waals surface area (Å²) >= 11 is 7.10. The summed E-state index contributed by atoms with van der Waals surface area (Å²) in [7, 11) is 0. The fourth-order valence-electron chi connectivity index (χ4n) is 1.84. The molecule has 2 rings (SSSR count). The fraction of sp³-hybridized carbons (Fsp3) is 0.111. The van der Waals surface area contributed by atoms with Gasteiger partial charge in [-0.2, -0.15) is 5.26 Å². The lowest BCUT2D eigenvalue weighted by Crippen LogP contribution is -2.18. The number of carbonyl (C=O) groups excluding carboxylic acids is 1. The van der Waals surface area contributed by atoms with E-state index in [0.29, 0.717) is 18.1 Å². The summed E-state index contributed by atoms with van der Waals surface area (Å²) in [5.41, 5.74) is 0.662. The minimum absolute atomic E-state index is 0.000342. The number of benzene rings is 2. The molecule has 0 aliphatic carbocycles. The topological polar surface area (TPSA) is 64.9 Å². The van der Waals surface area contributed by atoms with Crippen LogP contribution in [0.3, 0.4) is 0 Å². The number of hydrogen-bond acceptors (Lipinski definition) is 4. The second-order valence-corrected chi connectivity index (χ2v) is 6.17. The van der Waals surface area contributed by atoms with E-state index in [0.717, 1.165) is 9.79 Å². The van der Waals surface area contributed by atoms with E-state index >= 15 is 0 Å². The predicted molar refractivity (Wildman–Crippen MR) is 98.1 cm³/mol. The summed E-state index contributed by atoms with van der Waals surface area (Å²) in [6.07, 6.45) is 1.38. The first-order valence-electron chi connectivity index (χ1n) is 7.27. The molecule has 2 N–H and O–H groups in total. The third-order valence-electron chi connectivity index (χ3n) is 2.96. The molecule has 0 aliphatic heterocycles. The van der Waals surface area contributed by atoms with Crippen LogP contribution in [0.2, 0.25) is 0 Å². The van der Waals surface area contributed by atoms with Crippen LogP contribution in [0.4, 0.5) is 5.69 Å². The van der Waals surface area contributed by atoms with E-state index in [1.807, 2.05) is 60.7 Å². The number of nitrogens with zero attached hydrogens (tertiary/aromatic N) is 1. The Hall–Kier alpha value is -2.42. The Morgan fingerprint density at radius 2 is 1.88 bits per heavy atom. The number of alkyl halides is 1. The van der Waals surface area contributed by atoms with Crippen molar-refractivity contribution in [2.45, 2.75) is 9.79 Å². The van der Waals surface area contributed by atoms with Crippen molar-refractivity contribution in [1.82, 2.24) is 5.32 Å². The molecular weight excluding hydrogens is 342 g/mol. The number of carbonyl (C=O) groups is 1. The Labute approximate surface area is 150 Å². The molecule has 4 nitrogen and oxygen atoms in total. The summed E-state index contributed by atoms with van der Waals surface area (Å²) in [6.45, 7) is 0.487. The van der Waals surface area contributed by atoms with E-state index in [1.165, 1.54) is 6.20 Å². The number of para-hydroxylation sites is 1. The Morgan fingerprint density at radius 1 is 1.17 bits per heavy atom. The highest BCUT2D eigenvalue weighted by Gasteiger charge is 2.12. The molecular formula is C18H16ClN3OS. The van der Waals surface area contributed by atoms with Crippen molar-refractivity contribution >= 4 is 35.0 Å². The minimum Gasteiger partial charge on any atom is -0.388 e. The van der Waals surface area contributed by atoms with E-state index < -0.39 is 5.91 Å². The normalized spacial score (nSPS) is 10.8. The smallest absolute Gasteiger partial charge is 0.267 e. The van der Waals surface area contributed by atoms with Gasteiger partial charge in [-0.15, -0.1) is 11.6 Å². The standard InChI is InChI=1S/C18H16ClN3OS/c19-10-11-21-13-14(12-20)18(23)22-16-8-4-5-9-17(16)24-15-6-2-1-3-7-15/h1-9,13,21H,10-11H2,(H,22,23)/b14-13-. The van der Waals surface area contributed by atoms with Crippen molar-refractivity contribution in [3.63, 3.8) is 0 Å². The molecule has 122 valence electrons. The van der Waals surface area contributed by atoms with Crippen molar-refractivity contribution in [3.8, 4) is 6.07 Å². The molecule has 24 heavy (non-hydrogen) atoms. The quantitative estimate of drug-likeness (QED) is 0.340. The third kappa shape index (κ3) is 5.34. The van der Waals surface area contributed by atoms with Gasteiger partial charge in [-0.1, -0.05) is 42.1 Å². The monoisotopic (exact) mass is 357 g/mol. The molecule has 0 atom stereocenters. The zero-order valence-electron chi connectivity index (χ0n) is 12.8. The van der Waals surface area contributed by atoms with Gasteiger partial charge in [-0.05, 0) is 24.3 Å². The lowest BCUT2D eigenvalue weighted by atomic mass is 10.2. The highest BCUT2D eigenvalue weighted by Crippen LogP contribution is 2.33. The van der Waals surface area contributed by atoms with Crippen LogP contribution in [0.25, 0.3) is 0 Å². The van der Waals surface area contributed by atoms with Gasteiger partial charge in [0, 0.05) is 28.4 Å². The van der Waals surface area contributed by atoms with Gasteiger partial charge in [0.15, 0.2) is 0 Å². The summed E-state index contributed by atoms with van der Waals surface area (Å²) in [5.74, 6) is -0.0615. The maximum absolute atomic E-state index is 12.3. The molecule has 0 fully saturated rings. The van der Waals surface area contributed by atoms with Gasteiger partial charge in [0.05, 0.1) is 5.69 Å². The summed E-state index contributed by atoms with van der Waals surface area (Å²) in [6, 6.07) is 19.2. The van der Waals surface area contributed by atoms with Crippen molar-refractivity contribution in [2.75, 3.05) is 17.7 Å². The van der Waals surface area contributed by atoms with Gasteiger partial charge in [0.1, 0.15) is 11.6 Å². The molecule has 0 aliphatic rings. The van der Waals surface area contributed by atoms with Crippen molar-refractivity contribution in [2.24, 2.45) is 0 Å². The van der Waals surface area contributed by atoms with Gasteiger partial charge in [0.25, 0.3) is 5.91 Å². The molecule has 0 saturated heterocycles. The van der Waals surface area contributed by atoms with Crippen LogP contribution in [0.5, 0.6) is 0 Å². The summed E-state index contributed by atoms with van der Waals surface area (Å²) in [5, 5.41) is 14.7. The van der Waals surface area contributed by atoms with Crippen LogP contribution >= 0.6 is 23.4 Å². The van der Waals surface area contributed by atoms with Crippen molar-refractivity contribution in [1.29, 1.82) is 5.26 Å². The Kier molecular flexibility index (Phi) is 7.21. The van der Waals surface area contributed by atoms with Crippen LogP contribution < -0.4 is 10.6 Å². The Bertz CT molecular complexity index is 756. The molecule has 0 radical (unpaired) electrons. The lowest BCUT2D eigenvalue weighted by molar-refractivity contribution is -0.112. The number of amides is 1. The largest absolute Gasteiger partial charge is 0.388 e. The number of halogens is 1. The van der Waals surface area contributed by atoms with E-state index in [2.05, 4.69) is 10.6 Å². The van der Waals surface area contributed by atoms with Crippen LogP contribution in [-0.2, 0) is 4.79 Å². The third-order valence-corrected chi connectivity index (χ3v) is 4.23. The summed E-state index contributed by atoms with van der Waals surface area (Å²) < 4.78 is 0. The first-order valence-corrected chi connectivity index (χ1v) is 8.62. The predicted octanol–water partition coefficient (Wildman–Crippen LogP) is 4.01. The highest BCUT2D eigenvalue weighted by molar-refractivity contribution is 7.99. The van der Waals surface area contributed by atoms with Crippen LogP contribution in [-0.4, -0.2) is 18.3 Å².